The molecular formula is C17H12ClN3O4. The first-order valence-electron chi connectivity index (χ1n) is 7.20. The maximum absolute atomic E-state index is 11.0. The van der Waals surface area contributed by atoms with Crippen LogP contribution >= 0.6 is 11.6 Å². The predicted octanol–water partition coefficient (Wildman–Crippen LogP) is 3.33. The summed E-state index contributed by atoms with van der Waals surface area (Å²) < 4.78 is 5.44. The van der Waals surface area contributed by atoms with Crippen molar-refractivity contribution in [2.24, 2.45) is 5.73 Å². The van der Waals surface area contributed by atoms with Crippen LogP contribution in [0.4, 0.5) is 5.69 Å². The van der Waals surface area contributed by atoms with Crippen LogP contribution in [0.3, 0.4) is 0 Å². The van der Waals surface area contributed by atoms with E-state index in [1.165, 1.54) is 18.2 Å². The molecule has 1 heterocycles. The van der Waals surface area contributed by atoms with Crippen LogP contribution < -0.4 is 10.5 Å². The number of carbonyl (C=O) groups excluding carboxylic acids is 1. The Kier molecular flexibility index (Phi) is 4.49. The number of nitro benzene ring substituents is 1. The van der Waals surface area contributed by atoms with Gasteiger partial charge in [-0.05, 0) is 18.2 Å². The lowest BCUT2D eigenvalue weighted by Crippen LogP contribution is -2.20. The summed E-state index contributed by atoms with van der Waals surface area (Å²) in [6.07, 6.45) is 0. The second-order valence-electron chi connectivity index (χ2n) is 5.23. The van der Waals surface area contributed by atoms with Gasteiger partial charge in [0.2, 0.25) is 0 Å². The summed E-state index contributed by atoms with van der Waals surface area (Å²) in [5, 5.41) is 12.0. The summed E-state index contributed by atoms with van der Waals surface area (Å²) in [5.74, 6) is -0.360. The van der Waals surface area contributed by atoms with E-state index in [-0.39, 0.29) is 18.0 Å². The highest BCUT2D eigenvalue weighted by atomic mass is 35.5. The predicted molar refractivity (Wildman–Crippen MR) is 93.5 cm³/mol. The lowest BCUT2D eigenvalue weighted by molar-refractivity contribution is -0.384. The zero-order chi connectivity index (χ0) is 18.0. The third-order valence-corrected chi connectivity index (χ3v) is 3.73. The van der Waals surface area contributed by atoms with Crippen molar-refractivity contribution in [3.8, 4) is 17.0 Å². The number of aromatic nitrogens is 1. The van der Waals surface area contributed by atoms with Crippen LogP contribution in [0.2, 0.25) is 5.02 Å². The number of nitrogens with zero attached hydrogens (tertiary/aromatic N) is 2. The molecule has 25 heavy (non-hydrogen) atoms. The number of nitro groups is 1. The fourth-order valence-electron chi connectivity index (χ4n) is 2.33. The maximum atomic E-state index is 11.0. The van der Waals surface area contributed by atoms with E-state index in [1.54, 1.807) is 30.3 Å². The SMILES string of the molecule is NC(=O)COc1cc(-c2ccc(Cl)cc2)nc2ccc([N+](=O)[O-])cc12. The van der Waals surface area contributed by atoms with Crippen LogP contribution in [0.25, 0.3) is 22.2 Å². The Morgan fingerprint density at radius 1 is 1.20 bits per heavy atom. The van der Waals surface area contributed by atoms with Gasteiger partial charge < -0.3 is 10.5 Å². The molecular weight excluding hydrogens is 346 g/mol. The van der Waals surface area contributed by atoms with E-state index < -0.39 is 10.8 Å². The quantitative estimate of drug-likeness (QED) is 0.556. The van der Waals surface area contributed by atoms with Crippen LogP contribution in [0.1, 0.15) is 0 Å². The molecule has 0 saturated carbocycles. The van der Waals surface area contributed by atoms with Gasteiger partial charge in [0.15, 0.2) is 6.61 Å². The van der Waals surface area contributed by atoms with Crippen molar-refractivity contribution in [1.29, 1.82) is 0 Å². The molecule has 0 radical (unpaired) electrons. The highest BCUT2D eigenvalue weighted by molar-refractivity contribution is 6.30. The van der Waals surface area contributed by atoms with Gasteiger partial charge >= 0.3 is 0 Å². The summed E-state index contributed by atoms with van der Waals surface area (Å²) in [7, 11) is 0. The van der Waals surface area contributed by atoms with E-state index in [0.717, 1.165) is 5.56 Å². The van der Waals surface area contributed by atoms with Gasteiger partial charge in [-0.1, -0.05) is 23.7 Å². The smallest absolute Gasteiger partial charge is 0.270 e. The number of amides is 1. The number of hydrogen-bond donors (Lipinski definition) is 1. The first-order chi connectivity index (χ1) is 11.9. The number of benzene rings is 2. The van der Waals surface area contributed by atoms with Crippen LogP contribution in [0.5, 0.6) is 5.75 Å². The number of ether oxygens (including phenoxy) is 1. The second kappa shape index (κ2) is 6.74. The van der Waals surface area contributed by atoms with Gasteiger partial charge in [0, 0.05) is 34.2 Å². The Labute approximate surface area is 147 Å². The largest absolute Gasteiger partial charge is 0.483 e. The molecule has 0 fully saturated rings. The summed E-state index contributed by atoms with van der Waals surface area (Å²) in [4.78, 5) is 26.0. The molecule has 0 saturated heterocycles. The first-order valence-corrected chi connectivity index (χ1v) is 7.58. The summed E-state index contributed by atoms with van der Waals surface area (Å²) in [6.45, 7) is -0.345. The van der Waals surface area contributed by atoms with Crippen LogP contribution in [-0.4, -0.2) is 22.4 Å². The van der Waals surface area contributed by atoms with Gasteiger partial charge in [0.05, 0.1) is 16.1 Å². The molecule has 2 N–H and O–H groups in total. The van der Waals surface area contributed by atoms with Crippen molar-refractivity contribution in [3.63, 3.8) is 0 Å². The van der Waals surface area contributed by atoms with Gasteiger partial charge in [0.1, 0.15) is 5.75 Å². The number of rotatable bonds is 5. The lowest BCUT2D eigenvalue weighted by Gasteiger charge is -2.10. The summed E-state index contributed by atoms with van der Waals surface area (Å²) in [6, 6.07) is 12.9. The number of non-ortho nitro benzene ring substituents is 1. The number of nitrogens with two attached hydrogens (primary N) is 1. The van der Waals surface area contributed by atoms with Gasteiger partial charge in [0.25, 0.3) is 11.6 Å². The minimum absolute atomic E-state index is 0.0996. The monoisotopic (exact) mass is 357 g/mol. The Morgan fingerprint density at radius 2 is 1.92 bits per heavy atom. The highest BCUT2D eigenvalue weighted by Gasteiger charge is 2.14. The van der Waals surface area contributed by atoms with Gasteiger partial charge in [-0.15, -0.1) is 0 Å². The summed E-state index contributed by atoms with van der Waals surface area (Å²) >= 11 is 5.90. The number of hydrogen-bond acceptors (Lipinski definition) is 5. The zero-order valence-corrected chi connectivity index (χ0v) is 13.6. The zero-order valence-electron chi connectivity index (χ0n) is 12.8. The van der Waals surface area contributed by atoms with Crippen molar-refractivity contribution in [3.05, 3.63) is 63.7 Å². The van der Waals surface area contributed by atoms with Gasteiger partial charge in [-0.3, -0.25) is 14.9 Å². The summed E-state index contributed by atoms with van der Waals surface area (Å²) in [5.41, 5.74) is 6.89. The molecule has 2 aromatic carbocycles. The minimum atomic E-state index is -0.650. The lowest BCUT2D eigenvalue weighted by atomic mass is 10.1. The first kappa shape index (κ1) is 16.7. The molecule has 0 aliphatic heterocycles. The van der Waals surface area contributed by atoms with Gasteiger partial charge in [-0.2, -0.15) is 0 Å². The molecule has 0 aliphatic carbocycles. The number of fused-ring (bicyclic) bond motifs is 1. The number of pyridine rings is 1. The fraction of sp³-hybridized carbons (Fsp3) is 0.0588. The van der Waals surface area contributed by atoms with Crippen molar-refractivity contribution in [2.45, 2.75) is 0 Å². The second-order valence-corrected chi connectivity index (χ2v) is 5.66. The Hall–Kier alpha value is -3.19. The molecule has 3 aromatic rings. The van der Waals surface area contributed by atoms with E-state index in [1.807, 2.05) is 0 Å². The van der Waals surface area contributed by atoms with E-state index in [9.17, 15) is 14.9 Å². The number of primary amides is 1. The molecule has 1 amide bonds. The molecule has 7 nitrogen and oxygen atoms in total. The third-order valence-electron chi connectivity index (χ3n) is 3.48. The van der Waals surface area contributed by atoms with Crippen molar-refractivity contribution in [1.82, 2.24) is 4.98 Å². The van der Waals surface area contributed by atoms with Crippen LogP contribution in [0.15, 0.2) is 48.5 Å². The van der Waals surface area contributed by atoms with Crippen molar-refractivity contribution >= 4 is 34.1 Å². The van der Waals surface area contributed by atoms with Gasteiger partial charge in [-0.25, -0.2) is 4.98 Å². The standard InChI is InChI=1S/C17H12ClN3O4/c18-11-3-1-10(2-4-11)15-8-16(25-9-17(19)22)13-7-12(21(23)24)5-6-14(13)20-15/h1-8H,9H2,(H2,19,22). The van der Waals surface area contributed by atoms with Crippen LogP contribution in [-0.2, 0) is 4.79 Å². The van der Waals surface area contributed by atoms with Crippen molar-refractivity contribution in [2.75, 3.05) is 6.61 Å². The van der Waals surface area contributed by atoms with E-state index in [0.29, 0.717) is 21.6 Å². The molecule has 0 unspecified atom stereocenters. The molecule has 0 atom stereocenters. The third kappa shape index (κ3) is 3.67. The minimum Gasteiger partial charge on any atom is -0.483 e. The maximum Gasteiger partial charge on any atom is 0.270 e. The molecule has 8 heteroatoms. The Bertz CT molecular complexity index is 974. The van der Waals surface area contributed by atoms with Crippen LogP contribution in [0, 0.1) is 10.1 Å². The molecule has 126 valence electrons. The topological polar surface area (TPSA) is 108 Å². The molecule has 0 spiro atoms. The fourth-order valence-corrected chi connectivity index (χ4v) is 2.46. The normalized spacial score (nSPS) is 10.6. The Balaban J connectivity index is 2.16. The highest BCUT2D eigenvalue weighted by Crippen LogP contribution is 2.32. The number of carbonyl (C=O) groups is 1. The molecule has 3 rings (SSSR count). The van der Waals surface area contributed by atoms with E-state index in [4.69, 9.17) is 22.1 Å². The number of halogens is 1. The molecule has 1 aromatic heterocycles. The molecule has 0 bridgehead atoms. The average molecular weight is 358 g/mol. The van der Waals surface area contributed by atoms with E-state index in [2.05, 4.69) is 4.98 Å². The average Bonchev–Trinajstić information content (AvgIpc) is 2.59. The Morgan fingerprint density at radius 3 is 2.56 bits per heavy atom. The van der Waals surface area contributed by atoms with Crippen molar-refractivity contribution < 1.29 is 14.5 Å². The van der Waals surface area contributed by atoms with E-state index >= 15 is 0 Å². The molecule has 0 aliphatic rings.